The SMILES string of the molecule is CCC1CN(c2cc([N+](=O)[O-])cc(NC)n2)CCO1. The monoisotopic (exact) mass is 266 g/mol. The van der Waals surface area contributed by atoms with Gasteiger partial charge in [0, 0.05) is 20.1 Å². The van der Waals surface area contributed by atoms with E-state index in [0.717, 1.165) is 6.42 Å². The van der Waals surface area contributed by atoms with Crippen LogP contribution in [-0.2, 0) is 4.74 Å². The number of morpholine rings is 1. The van der Waals surface area contributed by atoms with E-state index in [2.05, 4.69) is 17.2 Å². The molecule has 0 amide bonds. The van der Waals surface area contributed by atoms with Crippen LogP contribution in [0, 0.1) is 10.1 Å². The standard InChI is InChI=1S/C12H18N4O3/c1-3-10-8-15(4-5-19-10)12-7-9(16(17)18)6-11(13-2)14-12/h6-7,10H,3-5,8H2,1-2H3,(H,13,14). The van der Waals surface area contributed by atoms with Crippen molar-refractivity contribution in [2.45, 2.75) is 19.4 Å². The van der Waals surface area contributed by atoms with Crippen molar-refractivity contribution in [2.75, 3.05) is 37.0 Å². The normalized spacial score (nSPS) is 19.3. The number of aromatic nitrogens is 1. The molecular formula is C12H18N4O3. The second kappa shape index (κ2) is 5.83. The Bertz CT molecular complexity index is 466. The third-order valence-corrected chi connectivity index (χ3v) is 3.18. The first kappa shape index (κ1) is 13.5. The maximum Gasteiger partial charge on any atom is 0.276 e. The Morgan fingerprint density at radius 2 is 2.42 bits per heavy atom. The lowest BCUT2D eigenvalue weighted by molar-refractivity contribution is -0.384. The molecule has 1 aromatic heterocycles. The first-order chi connectivity index (χ1) is 9.13. The van der Waals surface area contributed by atoms with Gasteiger partial charge in [0.05, 0.1) is 29.8 Å². The van der Waals surface area contributed by atoms with E-state index >= 15 is 0 Å². The molecule has 0 aliphatic carbocycles. The van der Waals surface area contributed by atoms with E-state index in [1.54, 1.807) is 7.05 Å². The number of hydrogen-bond acceptors (Lipinski definition) is 6. The second-order valence-electron chi connectivity index (χ2n) is 4.42. The molecule has 1 aliphatic rings. The quantitative estimate of drug-likeness (QED) is 0.659. The average Bonchev–Trinajstić information content (AvgIpc) is 2.46. The molecule has 7 nitrogen and oxygen atoms in total. The third-order valence-electron chi connectivity index (χ3n) is 3.18. The lowest BCUT2D eigenvalue weighted by Crippen LogP contribution is -2.42. The van der Waals surface area contributed by atoms with E-state index in [-0.39, 0.29) is 11.8 Å². The molecule has 19 heavy (non-hydrogen) atoms. The van der Waals surface area contributed by atoms with Crippen LogP contribution >= 0.6 is 0 Å². The highest BCUT2D eigenvalue weighted by molar-refractivity contribution is 5.55. The Morgan fingerprint density at radius 3 is 3.05 bits per heavy atom. The average molecular weight is 266 g/mol. The third kappa shape index (κ3) is 3.11. The molecule has 1 N–H and O–H groups in total. The van der Waals surface area contributed by atoms with Crippen molar-refractivity contribution in [3.63, 3.8) is 0 Å². The van der Waals surface area contributed by atoms with Gasteiger partial charge in [0.25, 0.3) is 5.69 Å². The fourth-order valence-electron chi connectivity index (χ4n) is 2.07. The van der Waals surface area contributed by atoms with Crippen LogP contribution < -0.4 is 10.2 Å². The number of nitrogens with one attached hydrogen (secondary N) is 1. The van der Waals surface area contributed by atoms with Crippen LogP contribution in [0.1, 0.15) is 13.3 Å². The molecular weight excluding hydrogens is 248 g/mol. The van der Waals surface area contributed by atoms with Crippen molar-refractivity contribution >= 4 is 17.3 Å². The summed E-state index contributed by atoms with van der Waals surface area (Å²) >= 11 is 0. The molecule has 2 heterocycles. The van der Waals surface area contributed by atoms with Crippen molar-refractivity contribution in [2.24, 2.45) is 0 Å². The number of hydrogen-bond donors (Lipinski definition) is 1. The lowest BCUT2D eigenvalue weighted by atomic mass is 10.2. The van der Waals surface area contributed by atoms with Crippen LogP contribution in [0.15, 0.2) is 12.1 Å². The fourth-order valence-corrected chi connectivity index (χ4v) is 2.07. The van der Waals surface area contributed by atoms with Gasteiger partial charge in [-0.15, -0.1) is 0 Å². The van der Waals surface area contributed by atoms with Crippen molar-refractivity contribution in [3.05, 3.63) is 22.2 Å². The largest absolute Gasteiger partial charge is 0.375 e. The summed E-state index contributed by atoms with van der Waals surface area (Å²) in [5.74, 6) is 1.13. The first-order valence-corrected chi connectivity index (χ1v) is 6.34. The van der Waals surface area contributed by atoms with Gasteiger partial charge in [-0.2, -0.15) is 0 Å². The van der Waals surface area contributed by atoms with E-state index in [1.165, 1.54) is 12.1 Å². The summed E-state index contributed by atoms with van der Waals surface area (Å²) in [6.07, 6.45) is 1.08. The molecule has 1 atom stereocenters. The number of rotatable bonds is 4. The second-order valence-corrected chi connectivity index (χ2v) is 4.42. The summed E-state index contributed by atoms with van der Waals surface area (Å²) < 4.78 is 5.59. The highest BCUT2D eigenvalue weighted by atomic mass is 16.6. The van der Waals surface area contributed by atoms with Gasteiger partial charge in [-0.1, -0.05) is 6.92 Å². The van der Waals surface area contributed by atoms with E-state index in [1.807, 2.05) is 4.90 Å². The molecule has 0 radical (unpaired) electrons. The van der Waals surface area contributed by atoms with Crippen molar-refractivity contribution in [3.8, 4) is 0 Å². The lowest BCUT2D eigenvalue weighted by Gasteiger charge is -2.33. The van der Waals surface area contributed by atoms with Crippen molar-refractivity contribution < 1.29 is 9.66 Å². The Labute approximate surface area is 111 Å². The molecule has 1 aliphatic heterocycles. The molecule has 0 aromatic carbocycles. The number of anilines is 2. The summed E-state index contributed by atoms with van der Waals surface area (Å²) in [6, 6.07) is 2.94. The van der Waals surface area contributed by atoms with Crippen LogP contribution in [-0.4, -0.2) is 42.8 Å². The molecule has 0 spiro atoms. The molecule has 1 aromatic rings. The van der Waals surface area contributed by atoms with Crippen LogP contribution in [0.3, 0.4) is 0 Å². The molecule has 0 saturated carbocycles. The van der Waals surface area contributed by atoms with Crippen molar-refractivity contribution in [1.82, 2.24) is 4.98 Å². The van der Waals surface area contributed by atoms with Gasteiger partial charge in [0.15, 0.2) is 0 Å². The van der Waals surface area contributed by atoms with E-state index in [0.29, 0.717) is 31.3 Å². The Kier molecular flexibility index (Phi) is 4.16. The topological polar surface area (TPSA) is 80.5 Å². The smallest absolute Gasteiger partial charge is 0.276 e. The summed E-state index contributed by atoms with van der Waals surface area (Å²) in [6.45, 7) is 4.10. The van der Waals surface area contributed by atoms with Gasteiger partial charge < -0.3 is 15.0 Å². The maximum atomic E-state index is 10.9. The summed E-state index contributed by atoms with van der Waals surface area (Å²) in [5, 5.41) is 13.8. The molecule has 104 valence electrons. The summed E-state index contributed by atoms with van der Waals surface area (Å²) in [7, 11) is 1.70. The number of ether oxygens (including phenoxy) is 1. The molecule has 7 heteroatoms. The Hall–Kier alpha value is -1.89. The van der Waals surface area contributed by atoms with Crippen LogP contribution in [0.2, 0.25) is 0 Å². The minimum absolute atomic E-state index is 0.0499. The number of nitro groups is 1. The van der Waals surface area contributed by atoms with Crippen LogP contribution in [0.5, 0.6) is 0 Å². The molecule has 0 bridgehead atoms. The van der Waals surface area contributed by atoms with Gasteiger partial charge in [-0.05, 0) is 6.42 Å². The minimum atomic E-state index is -0.399. The van der Waals surface area contributed by atoms with E-state index in [4.69, 9.17) is 4.74 Å². The van der Waals surface area contributed by atoms with Crippen molar-refractivity contribution in [1.29, 1.82) is 0 Å². The Morgan fingerprint density at radius 1 is 1.63 bits per heavy atom. The zero-order chi connectivity index (χ0) is 13.8. The molecule has 1 fully saturated rings. The van der Waals surface area contributed by atoms with Gasteiger partial charge in [0.2, 0.25) is 0 Å². The molecule has 2 rings (SSSR count). The first-order valence-electron chi connectivity index (χ1n) is 6.34. The zero-order valence-electron chi connectivity index (χ0n) is 11.1. The summed E-state index contributed by atoms with van der Waals surface area (Å²) in [4.78, 5) is 16.9. The zero-order valence-corrected chi connectivity index (χ0v) is 11.1. The maximum absolute atomic E-state index is 10.9. The van der Waals surface area contributed by atoms with E-state index in [9.17, 15) is 10.1 Å². The predicted molar refractivity (Wildman–Crippen MR) is 72.7 cm³/mol. The highest BCUT2D eigenvalue weighted by Crippen LogP contribution is 2.24. The number of pyridine rings is 1. The highest BCUT2D eigenvalue weighted by Gasteiger charge is 2.22. The van der Waals surface area contributed by atoms with Gasteiger partial charge in [-0.25, -0.2) is 4.98 Å². The fraction of sp³-hybridized carbons (Fsp3) is 0.583. The number of nitrogens with zero attached hydrogens (tertiary/aromatic N) is 3. The predicted octanol–water partition coefficient (Wildman–Crippen LogP) is 1.65. The van der Waals surface area contributed by atoms with Gasteiger partial charge in [-0.3, -0.25) is 10.1 Å². The Balaban J connectivity index is 2.27. The van der Waals surface area contributed by atoms with Crippen LogP contribution in [0.25, 0.3) is 0 Å². The molecule has 1 saturated heterocycles. The van der Waals surface area contributed by atoms with Gasteiger partial charge >= 0.3 is 0 Å². The van der Waals surface area contributed by atoms with E-state index < -0.39 is 4.92 Å². The summed E-state index contributed by atoms with van der Waals surface area (Å²) in [5.41, 5.74) is 0.0499. The molecule has 1 unspecified atom stereocenters. The minimum Gasteiger partial charge on any atom is -0.375 e. The van der Waals surface area contributed by atoms with Crippen LogP contribution in [0.4, 0.5) is 17.3 Å². The van der Waals surface area contributed by atoms with Gasteiger partial charge in [0.1, 0.15) is 11.6 Å².